The molecule has 0 atom stereocenters. The molecule has 88 valence electrons. The van der Waals surface area contributed by atoms with Crippen molar-refractivity contribution >= 4 is 6.03 Å². The molecule has 0 aromatic heterocycles. The Balaban J connectivity index is 2.48. The largest absolute Gasteiger partial charge is 0.336 e. The van der Waals surface area contributed by atoms with Crippen LogP contribution in [-0.2, 0) is 6.54 Å². The lowest BCUT2D eigenvalue weighted by Gasteiger charge is -2.10. The topological polar surface area (TPSA) is 41.1 Å². The summed E-state index contributed by atoms with van der Waals surface area (Å²) in [7, 11) is 0. The van der Waals surface area contributed by atoms with Gasteiger partial charge in [-0.2, -0.15) is 0 Å². The lowest BCUT2D eigenvalue weighted by Crippen LogP contribution is -2.36. The number of aryl methyl sites for hydroxylation is 1. The first-order valence-corrected chi connectivity index (χ1v) is 5.28. The number of halogens is 1. The molecule has 0 bridgehead atoms. The number of carbonyl (C=O) groups excluding carboxylic acids is 1. The highest BCUT2D eigenvalue weighted by molar-refractivity contribution is 5.73. The number of amides is 2. The SMILES string of the molecule is Cc1cccc(CNC(=O)NCCF)c1C. The molecule has 2 N–H and O–H groups in total. The minimum atomic E-state index is -0.545. The van der Waals surface area contributed by atoms with E-state index in [1.807, 2.05) is 32.0 Å². The van der Waals surface area contributed by atoms with Gasteiger partial charge in [-0.3, -0.25) is 0 Å². The molecular weight excluding hydrogens is 207 g/mol. The smallest absolute Gasteiger partial charge is 0.315 e. The molecule has 0 saturated carbocycles. The van der Waals surface area contributed by atoms with Crippen LogP contribution in [0.5, 0.6) is 0 Å². The molecule has 0 saturated heterocycles. The number of benzene rings is 1. The first kappa shape index (κ1) is 12.5. The van der Waals surface area contributed by atoms with Crippen LogP contribution in [0.4, 0.5) is 9.18 Å². The lowest BCUT2D eigenvalue weighted by atomic mass is 10.0. The summed E-state index contributed by atoms with van der Waals surface area (Å²) in [4.78, 5) is 11.2. The average Bonchev–Trinajstić information content (AvgIpc) is 2.28. The van der Waals surface area contributed by atoms with Crippen molar-refractivity contribution in [2.75, 3.05) is 13.2 Å². The fourth-order valence-electron chi connectivity index (χ4n) is 1.40. The molecule has 0 aliphatic carbocycles. The first-order valence-electron chi connectivity index (χ1n) is 5.28. The summed E-state index contributed by atoms with van der Waals surface area (Å²) in [5.74, 6) is 0. The fourth-order valence-corrected chi connectivity index (χ4v) is 1.40. The molecule has 0 spiro atoms. The van der Waals surface area contributed by atoms with E-state index < -0.39 is 6.67 Å². The van der Waals surface area contributed by atoms with Crippen LogP contribution < -0.4 is 10.6 Å². The maximum Gasteiger partial charge on any atom is 0.315 e. The standard InChI is InChI=1S/C12H17FN2O/c1-9-4-3-5-11(10(9)2)8-15-12(16)14-7-6-13/h3-5H,6-8H2,1-2H3,(H2,14,15,16). The van der Waals surface area contributed by atoms with Crippen LogP contribution in [0.25, 0.3) is 0 Å². The first-order chi connectivity index (χ1) is 7.65. The second kappa shape index (κ2) is 6.10. The Labute approximate surface area is 95.0 Å². The van der Waals surface area contributed by atoms with E-state index in [9.17, 15) is 9.18 Å². The highest BCUT2D eigenvalue weighted by Gasteiger charge is 2.03. The molecule has 0 radical (unpaired) electrons. The van der Waals surface area contributed by atoms with Gasteiger partial charge in [0.25, 0.3) is 0 Å². The number of hydrogen-bond donors (Lipinski definition) is 2. The number of urea groups is 1. The minimum Gasteiger partial charge on any atom is -0.336 e. The van der Waals surface area contributed by atoms with E-state index in [0.717, 1.165) is 5.56 Å². The second-order valence-corrected chi connectivity index (χ2v) is 3.66. The van der Waals surface area contributed by atoms with E-state index in [4.69, 9.17) is 0 Å². The predicted octanol–water partition coefficient (Wildman–Crippen LogP) is 2.07. The van der Waals surface area contributed by atoms with Gasteiger partial charge in [-0.15, -0.1) is 0 Å². The third-order valence-corrected chi connectivity index (χ3v) is 2.54. The predicted molar refractivity (Wildman–Crippen MR) is 62.1 cm³/mol. The summed E-state index contributed by atoms with van der Waals surface area (Å²) < 4.78 is 11.8. The Hall–Kier alpha value is -1.58. The van der Waals surface area contributed by atoms with E-state index in [2.05, 4.69) is 10.6 Å². The Morgan fingerprint density at radius 3 is 2.75 bits per heavy atom. The van der Waals surface area contributed by atoms with Crippen LogP contribution in [0.1, 0.15) is 16.7 Å². The van der Waals surface area contributed by atoms with E-state index in [1.54, 1.807) is 0 Å². The number of hydrogen-bond acceptors (Lipinski definition) is 1. The monoisotopic (exact) mass is 224 g/mol. The van der Waals surface area contributed by atoms with E-state index in [1.165, 1.54) is 11.1 Å². The van der Waals surface area contributed by atoms with Gasteiger partial charge in [0, 0.05) is 13.1 Å². The molecule has 3 nitrogen and oxygen atoms in total. The van der Waals surface area contributed by atoms with Crippen LogP contribution >= 0.6 is 0 Å². The van der Waals surface area contributed by atoms with Crippen LogP contribution in [-0.4, -0.2) is 19.3 Å². The van der Waals surface area contributed by atoms with Gasteiger partial charge >= 0.3 is 6.03 Å². The summed E-state index contributed by atoms with van der Waals surface area (Å²) in [6.45, 7) is 4.02. The molecule has 1 rings (SSSR count). The van der Waals surface area contributed by atoms with Crippen molar-refractivity contribution in [3.63, 3.8) is 0 Å². The maximum absolute atomic E-state index is 11.8. The average molecular weight is 224 g/mol. The molecule has 0 aliphatic rings. The van der Waals surface area contributed by atoms with Gasteiger partial charge in [-0.1, -0.05) is 18.2 Å². The maximum atomic E-state index is 11.8. The van der Waals surface area contributed by atoms with Crippen molar-refractivity contribution in [2.45, 2.75) is 20.4 Å². The van der Waals surface area contributed by atoms with Gasteiger partial charge in [-0.25, -0.2) is 9.18 Å². The fraction of sp³-hybridized carbons (Fsp3) is 0.417. The molecule has 0 heterocycles. The third-order valence-electron chi connectivity index (χ3n) is 2.54. The summed E-state index contributed by atoms with van der Waals surface area (Å²) in [6, 6.07) is 5.62. The molecule has 0 aliphatic heterocycles. The second-order valence-electron chi connectivity index (χ2n) is 3.66. The van der Waals surface area contributed by atoms with Gasteiger partial charge in [0.15, 0.2) is 0 Å². The van der Waals surface area contributed by atoms with Crippen LogP contribution in [0.2, 0.25) is 0 Å². The molecule has 0 fully saturated rings. The quantitative estimate of drug-likeness (QED) is 0.807. The van der Waals surface area contributed by atoms with Gasteiger partial charge in [0.1, 0.15) is 6.67 Å². The Morgan fingerprint density at radius 1 is 1.31 bits per heavy atom. The van der Waals surface area contributed by atoms with Crippen LogP contribution in [0.15, 0.2) is 18.2 Å². The van der Waals surface area contributed by atoms with Gasteiger partial charge in [0.2, 0.25) is 0 Å². The zero-order valence-corrected chi connectivity index (χ0v) is 9.64. The summed E-state index contributed by atoms with van der Waals surface area (Å²) >= 11 is 0. The van der Waals surface area contributed by atoms with Crippen molar-refractivity contribution in [2.24, 2.45) is 0 Å². The molecule has 1 aromatic rings. The van der Waals surface area contributed by atoms with Gasteiger partial charge in [0.05, 0.1) is 0 Å². The molecular formula is C12H17FN2O. The highest BCUT2D eigenvalue weighted by Crippen LogP contribution is 2.11. The van der Waals surface area contributed by atoms with Crippen LogP contribution in [0, 0.1) is 13.8 Å². The molecule has 16 heavy (non-hydrogen) atoms. The van der Waals surface area contributed by atoms with Crippen molar-refractivity contribution in [3.8, 4) is 0 Å². The van der Waals surface area contributed by atoms with Crippen LogP contribution in [0.3, 0.4) is 0 Å². The zero-order valence-electron chi connectivity index (χ0n) is 9.64. The van der Waals surface area contributed by atoms with E-state index >= 15 is 0 Å². The number of carbonyl (C=O) groups is 1. The number of rotatable bonds is 4. The Kier molecular flexibility index (Phi) is 4.76. The highest BCUT2D eigenvalue weighted by atomic mass is 19.1. The van der Waals surface area contributed by atoms with Crippen molar-refractivity contribution in [1.82, 2.24) is 10.6 Å². The Morgan fingerprint density at radius 2 is 2.06 bits per heavy atom. The minimum absolute atomic E-state index is 0.0542. The van der Waals surface area contributed by atoms with Gasteiger partial charge < -0.3 is 10.6 Å². The molecule has 1 aromatic carbocycles. The van der Waals surface area contributed by atoms with Crippen molar-refractivity contribution < 1.29 is 9.18 Å². The molecule has 4 heteroatoms. The van der Waals surface area contributed by atoms with Gasteiger partial charge in [-0.05, 0) is 30.5 Å². The summed E-state index contributed by atoms with van der Waals surface area (Å²) in [5, 5.41) is 5.10. The zero-order chi connectivity index (χ0) is 12.0. The molecule has 2 amide bonds. The van der Waals surface area contributed by atoms with Crippen molar-refractivity contribution in [3.05, 3.63) is 34.9 Å². The number of nitrogens with one attached hydrogen (secondary N) is 2. The van der Waals surface area contributed by atoms with Crippen molar-refractivity contribution in [1.29, 1.82) is 0 Å². The summed E-state index contributed by atoms with van der Waals surface area (Å²) in [5.41, 5.74) is 3.45. The number of alkyl halides is 1. The Bertz CT molecular complexity index is 366. The third kappa shape index (κ3) is 3.53. The molecule has 0 unspecified atom stereocenters. The van der Waals surface area contributed by atoms with E-state index in [0.29, 0.717) is 6.54 Å². The normalized spacial score (nSPS) is 9.94. The lowest BCUT2D eigenvalue weighted by molar-refractivity contribution is 0.239. The summed E-state index contributed by atoms with van der Waals surface area (Å²) in [6.07, 6.45) is 0. The van der Waals surface area contributed by atoms with E-state index in [-0.39, 0.29) is 12.6 Å².